The van der Waals surface area contributed by atoms with E-state index in [1.165, 1.54) is 17.5 Å². The van der Waals surface area contributed by atoms with Crippen LogP contribution in [0.5, 0.6) is 0 Å². The number of fused-ring (bicyclic) bond motifs is 1. The van der Waals surface area contributed by atoms with Crippen LogP contribution in [-0.2, 0) is 12.8 Å². The zero-order valence-corrected chi connectivity index (χ0v) is 13.6. The largest absolute Gasteiger partial charge is 0.338 e. The molecule has 3 nitrogen and oxygen atoms in total. The number of hydrogen-bond acceptors (Lipinski definition) is 2. The van der Waals surface area contributed by atoms with Crippen LogP contribution in [0.15, 0.2) is 18.2 Å². The van der Waals surface area contributed by atoms with Crippen molar-refractivity contribution in [1.29, 1.82) is 0 Å². The first kappa shape index (κ1) is 16.0. The maximum absolute atomic E-state index is 12.8. The zero-order chi connectivity index (χ0) is 15.5. The number of benzene rings is 1. The van der Waals surface area contributed by atoms with Crippen molar-refractivity contribution in [2.45, 2.75) is 46.5 Å². The molecule has 2 rings (SSSR count). The van der Waals surface area contributed by atoms with E-state index in [0.717, 1.165) is 31.4 Å². The Labute approximate surface area is 128 Å². The number of carbonyl (C=O) groups excluding carboxylic acids is 1. The summed E-state index contributed by atoms with van der Waals surface area (Å²) >= 11 is 0. The van der Waals surface area contributed by atoms with Crippen LogP contribution in [0.4, 0.5) is 0 Å². The molecule has 3 heteroatoms. The molecule has 1 aromatic rings. The summed E-state index contributed by atoms with van der Waals surface area (Å²) in [6.07, 6.45) is 4.45. The third-order valence-electron chi connectivity index (χ3n) is 4.30. The number of nitrogens with two attached hydrogens (primary N) is 1. The van der Waals surface area contributed by atoms with Crippen LogP contribution in [0.25, 0.3) is 0 Å². The van der Waals surface area contributed by atoms with Gasteiger partial charge in [-0.15, -0.1) is 0 Å². The van der Waals surface area contributed by atoms with Crippen molar-refractivity contribution in [1.82, 2.24) is 4.90 Å². The average molecular weight is 288 g/mol. The van der Waals surface area contributed by atoms with Gasteiger partial charge in [-0.1, -0.05) is 26.8 Å². The van der Waals surface area contributed by atoms with Crippen LogP contribution in [0.1, 0.15) is 55.1 Å². The van der Waals surface area contributed by atoms with Crippen LogP contribution in [0.3, 0.4) is 0 Å². The monoisotopic (exact) mass is 288 g/mol. The Kier molecular flexibility index (Phi) is 5.04. The highest BCUT2D eigenvalue weighted by molar-refractivity contribution is 5.94. The van der Waals surface area contributed by atoms with Gasteiger partial charge in [-0.3, -0.25) is 4.79 Å². The highest BCUT2D eigenvalue weighted by Gasteiger charge is 2.24. The van der Waals surface area contributed by atoms with E-state index in [-0.39, 0.29) is 11.3 Å². The van der Waals surface area contributed by atoms with Gasteiger partial charge in [0.1, 0.15) is 0 Å². The first-order valence-electron chi connectivity index (χ1n) is 8.08. The van der Waals surface area contributed by atoms with Crippen LogP contribution < -0.4 is 5.73 Å². The summed E-state index contributed by atoms with van der Waals surface area (Å²) in [6.45, 7) is 8.44. The van der Waals surface area contributed by atoms with Crippen LogP contribution in [0.2, 0.25) is 0 Å². The molecule has 1 aliphatic rings. The highest BCUT2D eigenvalue weighted by Crippen LogP contribution is 2.24. The van der Waals surface area contributed by atoms with Gasteiger partial charge in [-0.2, -0.15) is 0 Å². The lowest BCUT2D eigenvalue weighted by molar-refractivity contribution is 0.0689. The molecule has 0 atom stereocenters. The lowest BCUT2D eigenvalue weighted by Gasteiger charge is -2.32. The Morgan fingerprint density at radius 1 is 1.29 bits per heavy atom. The number of rotatable bonds is 6. The first-order valence-corrected chi connectivity index (χ1v) is 8.08. The predicted octanol–water partition coefficient (Wildman–Crippen LogP) is 3.01. The topological polar surface area (TPSA) is 46.3 Å². The van der Waals surface area contributed by atoms with E-state index in [1.807, 2.05) is 11.0 Å². The smallest absolute Gasteiger partial charge is 0.253 e. The second-order valence-corrected chi connectivity index (χ2v) is 6.93. The normalized spacial score (nSPS) is 14.1. The second kappa shape index (κ2) is 6.61. The number of amides is 1. The molecule has 0 spiro atoms. The van der Waals surface area contributed by atoms with Gasteiger partial charge in [0.2, 0.25) is 0 Å². The fraction of sp³-hybridized carbons (Fsp3) is 0.611. The quantitative estimate of drug-likeness (QED) is 0.874. The molecule has 0 saturated heterocycles. The standard InChI is InChI=1S/C18H28N2O/c1-4-10-20(13-18(2,3)12-19)17(21)16-9-8-14-6-5-7-15(14)11-16/h8-9,11H,4-7,10,12-13,19H2,1-3H3. The van der Waals surface area contributed by atoms with Crippen molar-refractivity contribution in [3.8, 4) is 0 Å². The molecule has 0 aromatic heterocycles. The van der Waals surface area contributed by atoms with Gasteiger partial charge in [-0.05, 0) is 60.9 Å². The second-order valence-electron chi connectivity index (χ2n) is 6.93. The lowest BCUT2D eigenvalue weighted by atomic mass is 9.92. The lowest BCUT2D eigenvalue weighted by Crippen LogP contribution is -2.42. The van der Waals surface area contributed by atoms with Crippen molar-refractivity contribution < 1.29 is 4.79 Å². The van der Waals surface area contributed by atoms with Crippen molar-refractivity contribution >= 4 is 5.91 Å². The number of carbonyl (C=O) groups is 1. The van der Waals surface area contributed by atoms with Gasteiger partial charge >= 0.3 is 0 Å². The molecular weight excluding hydrogens is 260 g/mol. The van der Waals surface area contributed by atoms with Crippen molar-refractivity contribution in [2.24, 2.45) is 11.1 Å². The number of aryl methyl sites for hydroxylation is 2. The van der Waals surface area contributed by atoms with Gasteiger partial charge < -0.3 is 10.6 Å². The zero-order valence-electron chi connectivity index (χ0n) is 13.6. The van der Waals surface area contributed by atoms with Gasteiger partial charge in [0, 0.05) is 18.7 Å². The molecule has 0 heterocycles. The predicted molar refractivity (Wildman–Crippen MR) is 87.5 cm³/mol. The van der Waals surface area contributed by atoms with E-state index < -0.39 is 0 Å². The average Bonchev–Trinajstić information content (AvgIpc) is 2.93. The number of hydrogen-bond donors (Lipinski definition) is 1. The minimum atomic E-state index is -0.0401. The van der Waals surface area contributed by atoms with Crippen LogP contribution in [0, 0.1) is 5.41 Å². The maximum atomic E-state index is 12.8. The molecule has 1 aromatic carbocycles. The van der Waals surface area contributed by atoms with E-state index in [4.69, 9.17) is 5.73 Å². The molecule has 1 aliphatic carbocycles. The molecule has 0 radical (unpaired) electrons. The summed E-state index contributed by atoms with van der Waals surface area (Å²) in [5.41, 5.74) is 9.39. The van der Waals surface area contributed by atoms with E-state index in [1.54, 1.807) is 0 Å². The Bertz CT molecular complexity index is 508. The highest BCUT2D eigenvalue weighted by atomic mass is 16.2. The summed E-state index contributed by atoms with van der Waals surface area (Å²) in [5.74, 6) is 0.146. The fourth-order valence-electron chi connectivity index (χ4n) is 2.99. The van der Waals surface area contributed by atoms with Crippen LogP contribution >= 0.6 is 0 Å². The summed E-state index contributed by atoms with van der Waals surface area (Å²) < 4.78 is 0. The van der Waals surface area contributed by atoms with E-state index >= 15 is 0 Å². The molecule has 21 heavy (non-hydrogen) atoms. The molecule has 0 saturated carbocycles. The minimum Gasteiger partial charge on any atom is -0.338 e. The molecule has 116 valence electrons. The van der Waals surface area contributed by atoms with Gasteiger partial charge in [-0.25, -0.2) is 0 Å². The summed E-state index contributed by atoms with van der Waals surface area (Å²) in [5, 5.41) is 0. The summed E-state index contributed by atoms with van der Waals surface area (Å²) in [7, 11) is 0. The Morgan fingerprint density at radius 2 is 2.00 bits per heavy atom. The number of nitrogens with zero attached hydrogens (tertiary/aromatic N) is 1. The fourth-order valence-corrected chi connectivity index (χ4v) is 2.99. The van der Waals surface area contributed by atoms with Crippen LogP contribution in [-0.4, -0.2) is 30.4 Å². The molecule has 0 bridgehead atoms. The van der Waals surface area contributed by atoms with E-state index in [2.05, 4.69) is 32.9 Å². The van der Waals surface area contributed by atoms with Crippen molar-refractivity contribution in [3.63, 3.8) is 0 Å². The van der Waals surface area contributed by atoms with Gasteiger partial charge in [0.25, 0.3) is 5.91 Å². The van der Waals surface area contributed by atoms with Gasteiger partial charge in [0.15, 0.2) is 0 Å². The molecule has 1 amide bonds. The van der Waals surface area contributed by atoms with Gasteiger partial charge in [0.05, 0.1) is 0 Å². The van der Waals surface area contributed by atoms with Crippen molar-refractivity contribution in [3.05, 3.63) is 34.9 Å². The molecule has 0 aliphatic heterocycles. The third kappa shape index (κ3) is 3.85. The SMILES string of the molecule is CCCN(CC(C)(C)CN)C(=O)c1ccc2c(c1)CCC2. The molecular formula is C18H28N2O. The minimum absolute atomic E-state index is 0.0401. The third-order valence-corrected chi connectivity index (χ3v) is 4.30. The van der Waals surface area contributed by atoms with E-state index in [9.17, 15) is 4.79 Å². The summed E-state index contributed by atoms with van der Waals surface area (Å²) in [6, 6.07) is 6.22. The summed E-state index contributed by atoms with van der Waals surface area (Å²) in [4.78, 5) is 14.8. The molecule has 2 N–H and O–H groups in total. The Balaban J connectivity index is 2.18. The van der Waals surface area contributed by atoms with E-state index in [0.29, 0.717) is 13.1 Å². The molecule has 0 unspecified atom stereocenters. The Hall–Kier alpha value is -1.35. The first-order chi connectivity index (χ1) is 9.96. The maximum Gasteiger partial charge on any atom is 0.253 e. The van der Waals surface area contributed by atoms with Crippen molar-refractivity contribution in [2.75, 3.05) is 19.6 Å². The molecule has 0 fully saturated rings. The Morgan fingerprint density at radius 3 is 2.67 bits per heavy atom.